The number of carbonyl (C=O) groups excluding carboxylic acids is 3. The molecule has 0 bridgehead atoms. The van der Waals surface area contributed by atoms with Crippen molar-refractivity contribution in [3.8, 4) is 0 Å². The molecular weight excluding hydrogens is 422 g/mol. The smallest absolute Gasteiger partial charge is 0.326 e. The van der Waals surface area contributed by atoms with E-state index in [4.69, 9.17) is 11.5 Å². The molecule has 10 nitrogen and oxygen atoms in total. The number of thiol groups is 1. The summed E-state index contributed by atoms with van der Waals surface area (Å²) in [6.07, 6.45) is 1.72. The van der Waals surface area contributed by atoms with E-state index >= 15 is 0 Å². The van der Waals surface area contributed by atoms with Gasteiger partial charge in [0.15, 0.2) is 0 Å². The topological polar surface area (TPSA) is 177 Å². The van der Waals surface area contributed by atoms with Crippen molar-refractivity contribution in [1.29, 1.82) is 0 Å². The Balaban J connectivity index is 2.48. The minimum Gasteiger partial charge on any atom is -0.480 e. The zero-order valence-electron chi connectivity index (χ0n) is 17.3. The molecule has 1 rings (SSSR count). The van der Waals surface area contributed by atoms with Gasteiger partial charge in [0.1, 0.15) is 12.1 Å². The number of rotatable bonds is 14. The van der Waals surface area contributed by atoms with Crippen molar-refractivity contribution < 1.29 is 24.3 Å². The summed E-state index contributed by atoms with van der Waals surface area (Å²) in [4.78, 5) is 47.9. The van der Waals surface area contributed by atoms with Crippen molar-refractivity contribution in [1.82, 2.24) is 16.0 Å². The Bertz CT molecular complexity index is 734. The monoisotopic (exact) mass is 453 g/mol. The van der Waals surface area contributed by atoms with E-state index in [1.165, 1.54) is 0 Å². The fraction of sp³-hybridized carbons (Fsp3) is 0.500. The molecule has 3 amide bonds. The van der Waals surface area contributed by atoms with Gasteiger partial charge in [0.25, 0.3) is 0 Å². The fourth-order valence-electron chi connectivity index (χ4n) is 2.72. The van der Waals surface area contributed by atoms with E-state index in [2.05, 4.69) is 28.6 Å². The third-order valence-corrected chi connectivity index (χ3v) is 4.82. The van der Waals surface area contributed by atoms with Crippen LogP contribution in [0.3, 0.4) is 0 Å². The van der Waals surface area contributed by atoms with Crippen LogP contribution >= 0.6 is 12.6 Å². The molecule has 0 saturated carbocycles. The van der Waals surface area contributed by atoms with Crippen molar-refractivity contribution in [3.63, 3.8) is 0 Å². The van der Waals surface area contributed by atoms with Crippen LogP contribution in [0, 0.1) is 0 Å². The summed E-state index contributed by atoms with van der Waals surface area (Å²) in [5.74, 6) is -3.01. The van der Waals surface area contributed by atoms with Gasteiger partial charge < -0.3 is 32.5 Å². The Morgan fingerprint density at radius 1 is 1.00 bits per heavy atom. The first-order valence-electron chi connectivity index (χ1n) is 9.99. The summed E-state index contributed by atoms with van der Waals surface area (Å²) in [7, 11) is 0. The number of aliphatic carboxylic acids is 1. The number of carbonyl (C=O) groups is 4. The van der Waals surface area contributed by atoms with E-state index in [1.54, 1.807) is 0 Å². The summed E-state index contributed by atoms with van der Waals surface area (Å²) in [5.41, 5.74) is 12.1. The molecule has 0 fully saturated rings. The van der Waals surface area contributed by atoms with Crippen LogP contribution < -0.4 is 27.4 Å². The van der Waals surface area contributed by atoms with Crippen molar-refractivity contribution in [2.45, 2.75) is 43.8 Å². The first-order chi connectivity index (χ1) is 14.8. The van der Waals surface area contributed by atoms with Gasteiger partial charge in [-0.05, 0) is 37.8 Å². The molecule has 0 heterocycles. The molecule has 31 heavy (non-hydrogen) atoms. The molecule has 1 aromatic carbocycles. The van der Waals surface area contributed by atoms with E-state index < -0.39 is 41.8 Å². The summed E-state index contributed by atoms with van der Waals surface area (Å²) < 4.78 is 0. The van der Waals surface area contributed by atoms with Crippen molar-refractivity contribution in [2.24, 2.45) is 11.5 Å². The third kappa shape index (κ3) is 10.3. The van der Waals surface area contributed by atoms with E-state index in [0.717, 1.165) is 5.56 Å². The van der Waals surface area contributed by atoms with Crippen molar-refractivity contribution in [3.05, 3.63) is 35.9 Å². The second-order valence-electron chi connectivity index (χ2n) is 7.00. The van der Waals surface area contributed by atoms with Crippen LogP contribution in [0.25, 0.3) is 0 Å². The molecule has 0 aliphatic heterocycles. The highest BCUT2D eigenvalue weighted by molar-refractivity contribution is 7.80. The molecule has 0 aliphatic carbocycles. The number of hydrogen-bond acceptors (Lipinski definition) is 7. The van der Waals surface area contributed by atoms with Crippen LogP contribution in [0.1, 0.15) is 24.8 Å². The van der Waals surface area contributed by atoms with Gasteiger partial charge in [0.2, 0.25) is 17.7 Å². The number of unbranched alkanes of at least 4 members (excludes halogenated alkanes) is 1. The molecule has 8 N–H and O–H groups in total. The Morgan fingerprint density at radius 2 is 1.68 bits per heavy atom. The maximum Gasteiger partial charge on any atom is 0.326 e. The number of carboxylic acid groups (broad SMARTS) is 1. The number of carboxylic acids is 1. The second-order valence-corrected chi connectivity index (χ2v) is 7.37. The van der Waals surface area contributed by atoms with Gasteiger partial charge in [-0.15, -0.1) is 0 Å². The average Bonchev–Trinajstić information content (AvgIpc) is 2.75. The zero-order valence-corrected chi connectivity index (χ0v) is 18.1. The van der Waals surface area contributed by atoms with Gasteiger partial charge in [-0.25, -0.2) is 4.79 Å². The van der Waals surface area contributed by atoms with E-state index in [9.17, 15) is 24.3 Å². The summed E-state index contributed by atoms with van der Waals surface area (Å²) in [6, 6.07) is 6.24. The lowest BCUT2D eigenvalue weighted by molar-refractivity contribution is -0.142. The van der Waals surface area contributed by atoms with Gasteiger partial charge in [-0.1, -0.05) is 30.3 Å². The molecule has 3 unspecified atom stereocenters. The lowest BCUT2D eigenvalue weighted by Gasteiger charge is -2.20. The van der Waals surface area contributed by atoms with Gasteiger partial charge in [-0.2, -0.15) is 12.6 Å². The molecule has 11 heteroatoms. The molecule has 1 aromatic rings. The Labute approximate surface area is 186 Å². The molecule has 0 spiro atoms. The highest BCUT2D eigenvalue weighted by Gasteiger charge is 2.25. The van der Waals surface area contributed by atoms with Gasteiger partial charge in [0.05, 0.1) is 12.6 Å². The van der Waals surface area contributed by atoms with Crippen molar-refractivity contribution >= 4 is 36.3 Å². The standard InChI is InChI=1S/C20H31N5O5S/c21-9-5-4-8-15(20(29)30)25-19(28)16(12-31)24-17(26)11-23-18(27)14(22)10-13-6-2-1-3-7-13/h1-3,6-7,14-16,31H,4-5,8-12,21-22H2,(H,23,27)(H,24,26)(H,25,28)(H,29,30). The largest absolute Gasteiger partial charge is 0.480 e. The summed E-state index contributed by atoms with van der Waals surface area (Å²) in [5, 5.41) is 16.5. The Kier molecular flexibility index (Phi) is 12.3. The molecule has 172 valence electrons. The minimum atomic E-state index is -1.17. The number of hydrogen-bond donors (Lipinski definition) is 7. The number of benzene rings is 1. The lowest BCUT2D eigenvalue weighted by Crippen LogP contribution is -2.54. The number of amides is 3. The van der Waals surface area contributed by atoms with E-state index in [-0.39, 0.29) is 18.7 Å². The number of nitrogens with two attached hydrogens (primary N) is 2. The van der Waals surface area contributed by atoms with Crippen LogP contribution in [-0.4, -0.2) is 65.8 Å². The first-order valence-corrected chi connectivity index (χ1v) is 10.6. The molecular formula is C20H31N5O5S. The van der Waals surface area contributed by atoms with Crippen LogP contribution in [0.4, 0.5) is 0 Å². The Morgan fingerprint density at radius 3 is 2.26 bits per heavy atom. The maximum atomic E-state index is 12.3. The third-order valence-electron chi connectivity index (χ3n) is 4.45. The van der Waals surface area contributed by atoms with Crippen LogP contribution in [0.2, 0.25) is 0 Å². The zero-order chi connectivity index (χ0) is 23.2. The molecule has 0 saturated heterocycles. The van der Waals surface area contributed by atoms with E-state index in [1.807, 2.05) is 30.3 Å². The first kappa shape index (κ1) is 26.4. The predicted octanol–water partition coefficient (Wildman–Crippen LogP) is -1.21. The average molecular weight is 454 g/mol. The number of nitrogens with one attached hydrogen (secondary N) is 3. The lowest BCUT2D eigenvalue weighted by atomic mass is 10.1. The molecule has 0 aliphatic rings. The summed E-state index contributed by atoms with van der Waals surface area (Å²) in [6.45, 7) is 0.0497. The van der Waals surface area contributed by atoms with Gasteiger partial charge >= 0.3 is 5.97 Å². The molecule has 0 aromatic heterocycles. The fourth-order valence-corrected chi connectivity index (χ4v) is 2.98. The molecule has 3 atom stereocenters. The van der Waals surface area contributed by atoms with Crippen LogP contribution in [-0.2, 0) is 25.6 Å². The van der Waals surface area contributed by atoms with Gasteiger partial charge in [0, 0.05) is 5.75 Å². The van der Waals surface area contributed by atoms with E-state index in [0.29, 0.717) is 25.8 Å². The van der Waals surface area contributed by atoms with Crippen LogP contribution in [0.15, 0.2) is 30.3 Å². The highest BCUT2D eigenvalue weighted by Crippen LogP contribution is 2.03. The van der Waals surface area contributed by atoms with Crippen LogP contribution in [0.5, 0.6) is 0 Å². The SMILES string of the molecule is NCCCCC(NC(=O)C(CS)NC(=O)CNC(=O)C(N)Cc1ccccc1)C(=O)O. The van der Waals surface area contributed by atoms with Crippen molar-refractivity contribution in [2.75, 3.05) is 18.8 Å². The highest BCUT2D eigenvalue weighted by atomic mass is 32.1. The second kappa shape index (κ2) is 14.4. The Hall–Kier alpha value is -2.63. The normalized spacial score (nSPS) is 13.5. The molecule has 0 radical (unpaired) electrons. The quantitative estimate of drug-likeness (QED) is 0.136. The van der Waals surface area contributed by atoms with Gasteiger partial charge in [-0.3, -0.25) is 14.4 Å². The maximum absolute atomic E-state index is 12.3. The minimum absolute atomic E-state index is 0.0474. The predicted molar refractivity (Wildman–Crippen MR) is 119 cm³/mol. The summed E-state index contributed by atoms with van der Waals surface area (Å²) >= 11 is 4.04.